The maximum atomic E-state index is 13.7. The molecule has 3 nitrogen and oxygen atoms in total. The van der Waals surface area contributed by atoms with Crippen LogP contribution in [0.1, 0.15) is 50.4 Å². The molecule has 2 fully saturated rings. The number of carbonyl (C=O) groups is 1. The van der Waals surface area contributed by atoms with Crippen LogP contribution in [-0.2, 0) is 0 Å². The highest BCUT2D eigenvalue weighted by atomic mass is 19.1. The molecule has 2 heterocycles. The Balaban J connectivity index is 1.89. The van der Waals surface area contributed by atoms with E-state index in [9.17, 15) is 9.18 Å². The maximum Gasteiger partial charge on any atom is 0.258 e. The van der Waals surface area contributed by atoms with Crippen LogP contribution in [0, 0.1) is 16.8 Å². The van der Waals surface area contributed by atoms with Gasteiger partial charge in [0.05, 0.1) is 5.56 Å². The van der Waals surface area contributed by atoms with Crippen molar-refractivity contribution in [2.24, 2.45) is 10.8 Å². The summed E-state index contributed by atoms with van der Waals surface area (Å²) >= 11 is 0. The molecule has 1 saturated heterocycles. The molecular formula is C16H21FN2O. The Kier molecular flexibility index (Phi) is 2.89. The van der Waals surface area contributed by atoms with Gasteiger partial charge in [-0.15, -0.1) is 0 Å². The monoisotopic (exact) mass is 276 g/mol. The second kappa shape index (κ2) is 4.27. The number of carbonyl (C=O) groups excluding carboxylic acids is 1. The largest absolute Gasteiger partial charge is 0.335 e. The molecule has 3 rings (SSSR count). The molecule has 2 aliphatic rings. The SMILES string of the molecule is CC1(C)CC2CC(C)(CN2C(=O)c2cccnc2F)C1. The first-order chi connectivity index (χ1) is 9.30. The number of likely N-dealkylation sites (tertiary alicyclic amines) is 1. The van der Waals surface area contributed by atoms with Crippen molar-refractivity contribution < 1.29 is 9.18 Å². The fraction of sp³-hybridized carbons (Fsp3) is 0.625. The van der Waals surface area contributed by atoms with Crippen molar-refractivity contribution in [2.75, 3.05) is 6.54 Å². The van der Waals surface area contributed by atoms with Gasteiger partial charge in [0.25, 0.3) is 5.91 Å². The summed E-state index contributed by atoms with van der Waals surface area (Å²) in [6, 6.07) is 3.38. The van der Waals surface area contributed by atoms with Gasteiger partial charge < -0.3 is 4.90 Å². The second-order valence-corrected chi connectivity index (χ2v) is 7.49. The van der Waals surface area contributed by atoms with Crippen molar-refractivity contribution >= 4 is 5.91 Å². The van der Waals surface area contributed by atoms with Gasteiger partial charge in [0.1, 0.15) is 0 Å². The van der Waals surface area contributed by atoms with Crippen molar-refractivity contribution in [2.45, 2.75) is 46.1 Å². The first-order valence-corrected chi connectivity index (χ1v) is 7.21. The molecule has 2 unspecified atom stereocenters. The molecule has 1 amide bonds. The maximum absolute atomic E-state index is 13.7. The molecule has 2 bridgehead atoms. The molecule has 0 aromatic carbocycles. The molecule has 0 N–H and O–H groups in total. The van der Waals surface area contributed by atoms with Crippen LogP contribution >= 0.6 is 0 Å². The molecule has 4 heteroatoms. The number of rotatable bonds is 1. The van der Waals surface area contributed by atoms with Gasteiger partial charge in [-0.05, 0) is 42.2 Å². The lowest BCUT2D eigenvalue weighted by atomic mass is 9.65. The summed E-state index contributed by atoms with van der Waals surface area (Å²) < 4.78 is 13.7. The van der Waals surface area contributed by atoms with Gasteiger partial charge in [-0.25, -0.2) is 4.98 Å². The lowest BCUT2D eigenvalue weighted by Crippen LogP contribution is -2.38. The summed E-state index contributed by atoms with van der Waals surface area (Å²) in [5.74, 6) is -0.870. The standard InChI is InChI=1S/C16H21FN2O/c1-15(2)7-11-8-16(3,9-15)10-19(11)14(20)12-5-4-6-18-13(12)17/h4-6,11H,7-10H2,1-3H3. The quantitative estimate of drug-likeness (QED) is 0.738. The topological polar surface area (TPSA) is 33.2 Å². The zero-order valence-electron chi connectivity index (χ0n) is 12.3. The van der Waals surface area contributed by atoms with E-state index in [4.69, 9.17) is 0 Å². The van der Waals surface area contributed by atoms with E-state index >= 15 is 0 Å². The summed E-state index contributed by atoms with van der Waals surface area (Å²) in [6.45, 7) is 7.49. The predicted octanol–water partition coefficient (Wildman–Crippen LogP) is 3.26. The van der Waals surface area contributed by atoms with E-state index in [0.717, 1.165) is 25.8 Å². The molecular weight excluding hydrogens is 255 g/mol. The van der Waals surface area contributed by atoms with E-state index in [1.807, 2.05) is 4.90 Å². The van der Waals surface area contributed by atoms with Crippen molar-refractivity contribution in [1.29, 1.82) is 0 Å². The summed E-state index contributed by atoms with van der Waals surface area (Å²) in [7, 11) is 0. The second-order valence-electron chi connectivity index (χ2n) is 7.49. The molecule has 0 radical (unpaired) electrons. The zero-order chi connectivity index (χ0) is 14.5. The third-order valence-corrected chi connectivity index (χ3v) is 4.67. The van der Waals surface area contributed by atoms with E-state index in [1.54, 1.807) is 6.07 Å². The van der Waals surface area contributed by atoms with Crippen molar-refractivity contribution in [3.63, 3.8) is 0 Å². The smallest absolute Gasteiger partial charge is 0.258 e. The number of hydrogen-bond donors (Lipinski definition) is 0. The zero-order valence-corrected chi connectivity index (χ0v) is 12.3. The number of halogens is 1. The first kappa shape index (κ1) is 13.5. The Morgan fingerprint density at radius 2 is 2.15 bits per heavy atom. The molecule has 1 saturated carbocycles. The first-order valence-electron chi connectivity index (χ1n) is 7.21. The third-order valence-electron chi connectivity index (χ3n) is 4.67. The Morgan fingerprint density at radius 1 is 1.40 bits per heavy atom. The van der Waals surface area contributed by atoms with Crippen molar-refractivity contribution in [3.05, 3.63) is 29.8 Å². The Morgan fingerprint density at radius 3 is 2.85 bits per heavy atom. The minimum Gasteiger partial charge on any atom is -0.335 e. The van der Waals surface area contributed by atoms with Crippen LogP contribution in [0.3, 0.4) is 0 Å². The predicted molar refractivity (Wildman–Crippen MR) is 74.8 cm³/mol. The third kappa shape index (κ3) is 2.21. The summed E-state index contributed by atoms with van der Waals surface area (Å²) in [6.07, 6.45) is 4.52. The molecule has 1 aromatic rings. The van der Waals surface area contributed by atoms with Gasteiger partial charge in [-0.1, -0.05) is 20.8 Å². The van der Waals surface area contributed by atoms with E-state index in [0.29, 0.717) is 0 Å². The van der Waals surface area contributed by atoms with Crippen LogP contribution in [-0.4, -0.2) is 28.4 Å². The molecule has 20 heavy (non-hydrogen) atoms. The van der Waals surface area contributed by atoms with Crippen LogP contribution < -0.4 is 0 Å². The summed E-state index contributed by atoms with van der Waals surface area (Å²) in [5, 5.41) is 0. The number of fused-ring (bicyclic) bond motifs is 2. The van der Waals surface area contributed by atoms with E-state index in [2.05, 4.69) is 25.8 Å². The lowest BCUT2D eigenvalue weighted by Gasteiger charge is -2.39. The lowest BCUT2D eigenvalue weighted by molar-refractivity contribution is 0.0702. The average molecular weight is 276 g/mol. The van der Waals surface area contributed by atoms with Crippen LogP contribution in [0.4, 0.5) is 4.39 Å². The fourth-order valence-electron chi connectivity index (χ4n) is 4.40. The van der Waals surface area contributed by atoms with Gasteiger partial charge in [0, 0.05) is 18.8 Å². The van der Waals surface area contributed by atoms with Crippen molar-refractivity contribution in [1.82, 2.24) is 9.88 Å². The van der Waals surface area contributed by atoms with Crippen LogP contribution in [0.25, 0.3) is 0 Å². The Bertz CT molecular complexity index is 557. The molecule has 0 spiro atoms. The number of aromatic nitrogens is 1. The van der Waals surface area contributed by atoms with Gasteiger partial charge >= 0.3 is 0 Å². The van der Waals surface area contributed by atoms with Gasteiger partial charge in [-0.3, -0.25) is 4.79 Å². The summed E-state index contributed by atoms with van der Waals surface area (Å²) in [5.41, 5.74) is 0.516. The minimum atomic E-state index is -0.664. The number of nitrogens with zero attached hydrogens (tertiary/aromatic N) is 2. The van der Waals surface area contributed by atoms with Gasteiger partial charge in [0.2, 0.25) is 5.95 Å². The Hall–Kier alpha value is -1.45. The number of amides is 1. The molecule has 1 aliphatic heterocycles. The van der Waals surface area contributed by atoms with E-state index in [-0.39, 0.29) is 28.3 Å². The van der Waals surface area contributed by atoms with Crippen LogP contribution in [0.5, 0.6) is 0 Å². The van der Waals surface area contributed by atoms with Gasteiger partial charge in [-0.2, -0.15) is 4.39 Å². The van der Waals surface area contributed by atoms with Crippen LogP contribution in [0.2, 0.25) is 0 Å². The molecule has 1 aliphatic carbocycles. The summed E-state index contributed by atoms with van der Waals surface area (Å²) in [4.78, 5) is 18.1. The average Bonchev–Trinajstić information content (AvgIpc) is 2.58. The number of pyridine rings is 1. The molecule has 108 valence electrons. The highest BCUT2D eigenvalue weighted by Crippen LogP contribution is 2.52. The van der Waals surface area contributed by atoms with Crippen LogP contribution in [0.15, 0.2) is 18.3 Å². The molecule has 1 aromatic heterocycles. The Labute approximate surface area is 119 Å². The van der Waals surface area contributed by atoms with E-state index in [1.165, 1.54) is 12.3 Å². The molecule has 2 atom stereocenters. The fourth-order valence-corrected chi connectivity index (χ4v) is 4.40. The van der Waals surface area contributed by atoms with Gasteiger partial charge in [0.15, 0.2) is 0 Å². The normalized spacial score (nSPS) is 31.4. The highest BCUT2D eigenvalue weighted by Gasteiger charge is 2.51. The van der Waals surface area contributed by atoms with E-state index < -0.39 is 5.95 Å². The highest BCUT2D eigenvalue weighted by molar-refractivity contribution is 5.94. The number of hydrogen-bond acceptors (Lipinski definition) is 2. The van der Waals surface area contributed by atoms with Crippen molar-refractivity contribution in [3.8, 4) is 0 Å². The minimum absolute atomic E-state index is 0.0986.